The van der Waals surface area contributed by atoms with Gasteiger partial charge in [-0.05, 0) is 37.3 Å². The van der Waals surface area contributed by atoms with Crippen molar-refractivity contribution in [2.75, 3.05) is 26.2 Å². The molecule has 0 amide bonds. The number of rotatable bonds is 3. The summed E-state index contributed by atoms with van der Waals surface area (Å²) in [5, 5.41) is 13.8. The van der Waals surface area contributed by atoms with Gasteiger partial charge in [0.25, 0.3) is 0 Å². The predicted molar refractivity (Wildman–Crippen MR) is 101 cm³/mol. The third-order valence-corrected chi connectivity index (χ3v) is 5.32. The van der Waals surface area contributed by atoms with Crippen LogP contribution in [0.2, 0.25) is 0 Å². The average molecular weight is 379 g/mol. The van der Waals surface area contributed by atoms with Gasteiger partial charge in [-0.25, -0.2) is 4.39 Å². The first-order valence-corrected chi connectivity index (χ1v) is 8.61. The van der Waals surface area contributed by atoms with Gasteiger partial charge in [0.2, 0.25) is 0 Å². The summed E-state index contributed by atoms with van der Waals surface area (Å²) in [4.78, 5) is 2.45. The van der Waals surface area contributed by atoms with Gasteiger partial charge in [0.05, 0.1) is 0 Å². The number of piperazine rings is 1. The number of nitrogens with one attached hydrogen (secondary N) is 1. The second kappa shape index (κ2) is 9.81. The van der Waals surface area contributed by atoms with E-state index in [-0.39, 0.29) is 36.6 Å². The van der Waals surface area contributed by atoms with E-state index in [2.05, 4.69) is 10.2 Å². The highest BCUT2D eigenvalue weighted by Gasteiger charge is 2.34. The Balaban J connectivity index is 0.00000144. The van der Waals surface area contributed by atoms with E-state index in [0.717, 1.165) is 37.3 Å². The van der Waals surface area contributed by atoms with Crippen LogP contribution in [0.5, 0.6) is 5.75 Å². The second-order valence-corrected chi connectivity index (χ2v) is 6.76. The molecule has 0 aromatic heterocycles. The molecule has 3 rings (SSSR count). The molecule has 0 spiro atoms. The first kappa shape index (κ1) is 21.5. The fourth-order valence-corrected chi connectivity index (χ4v) is 4.18. The normalized spacial score (nSPS) is 20.8. The average Bonchev–Trinajstić information content (AvgIpc) is 2.57. The van der Waals surface area contributed by atoms with Gasteiger partial charge in [-0.3, -0.25) is 4.90 Å². The summed E-state index contributed by atoms with van der Waals surface area (Å²) in [6.07, 6.45) is 6.18. The molecule has 1 aromatic carbocycles. The Bertz CT molecular complexity index is 500. The summed E-state index contributed by atoms with van der Waals surface area (Å²) in [5.74, 6) is -0.0936. The molecular weight excluding hydrogens is 350 g/mol. The Morgan fingerprint density at radius 2 is 1.75 bits per heavy atom. The van der Waals surface area contributed by atoms with E-state index in [1.54, 1.807) is 0 Å². The fraction of sp³-hybridized carbons (Fsp3) is 0.667. The van der Waals surface area contributed by atoms with Gasteiger partial charge in [0.15, 0.2) is 11.6 Å². The molecule has 0 radical (unpaired) electrons. The lowest BCUT2D eigenvalue weighted by Crippen LogP contribution is -2.47. The maximum atomic E-state index is 14.0. The number of phenolic OH excluding ortho intramolecular Hbond substituents is 1. The van der Waals surface area contributed by atoms with E-state index >= 15 is 0 Å². The van der Waals surface area contributed by atoms with Crippen LogP contribution in [0.25, 0.3) is 0 Å². The molecule has 3 nitrogen and oxygen atoms in total. The van der Waals surface area contributed by atoms with Crippen LogP contribution in [-0.2, 0) is 0 Å². The minimum absolute atomic E-state index is 0. The number of aryl methyl sites for hydroxylation is 1. The van der Waals surface area contributed by atoms with Crippen molar-refractivity contribution in [2.45, 2.75) is 45.1 Å². The van der Waals surface area contributed by atoms with Crippen molar-refractivity contribution in [3.63, 3.8) is 0 Å². The van der Waals surface area contributed by atoms with Crippen molar-refractivity contribution in [1.29, 1.82) is 0 Å². The summed E-state index contributed by atoms with van der Waals surface area (Å²) >= 11 is 0. The number of halogens is 3. The highest BCUT2D eigenvalue weighted by Crippen LogP contribution is 2.43. The number of hydrogen-bond donors (Lipinski definition) is 2. The number of phenols is 1. The van der Waals surface area contributed by atoms with Crippen molar-refractivity contribution < 1.29 is 9.50 Å². The Morgan fingerprint density at radius 3 is 2.38 bits per heavy atom. The molecule has 0 unspecified atom stereocenters. The Morgan fingerprint density at radius 1 is 1.12 bits per heavy atom. The molecule has 1 aromatic rings. The molecule has 1 aliphatic carbocycles. The zero-order valence-electron chi connectivity index (χ0n) is 14.3. The van der Waals surface area contributed by atoms with Crippen LogP contribution in [0.15, 0.2) is 12.1 Å². The van der Waals surface area contributed by atoms with E-state index in [1.165, 1.54) is 38.2 Å². The summed E-state index contributed by atoms with van der Waals surface area (Å²) < 4.78 is 14.0. The van der Waals surface area contributed by atoms with Gasteiger partial charge < -0.3 is 10.4 Å². The maximum absolute atomic E-state index is 14.0. The molecule has 138 valence electrons. The van der Waals surface area contributed by atoms with Crippen molar-refractivity contribution >= 4 is 24.8 Å². The third kappa shape index (κ3) is 4.54. The zero-order chi connectivity index (χ0) is 15.5. The van der Waals surface area contributed by atoms with Crippen LogP contribution >= 0.6 is 24.8 Å². The van der Waals surface area contributed by atoms with Gasteiger partial charge >= 0.3 is 0 Å². The predicted octanol–water partition coefficient (Wildman–Crippen LogP) is 4.21. The quantitative estimate of drug-likeness (QED) is 0.826. The molecule has 0 bridgehead atoms. The Hall–Kier alpha value is -0.550. The summed E-state index contributed by atoms with van der Waals surface area (Å²) in [6, 6.07) is 3.34. The van der Waals surface area contributed by atoms with E-state index in [9.17, 15) is 9.50 Å². The molecular formula is C18H29Cl2FN2O. The first-order chi connectivity index (χ1) is 10.7. The number of aromatic hydroxyl groups is 1. The lowest BCUT2D eigenvalue weighted by molar-refractivity contribution is 0.100. The molecule has 2 N–H and O–H groups in total. The van der Waals surface area contributed by atoms with Gasteiger partial charge in [0, 0.05) is 37.8 Å². The molecule has 2 aliphatic rings. The van der Waals surface area contributed by atoms with Gasteiger partial charge in [-0.2, -0.15) is 0 Å². The minimum Gasteiger partial charge on any atom is -0.505 e. The van der Waals surface area contributed by atoms with Crippen LogP contribution in [-0.4, -0.2) is 36.2 Å². The lowest BCUT2D eigenvalue weighted by Gasteiger charge is -2.42. The Kier molecular flexibility index (Phi) is 8.78. The molecule has 1 saturated heterocycles. The van der Waals surface area contributed by atoms with Crippen LogP contribution in [0.3, 0.4) is 0 Å². The Labute approximate surface area is 156 Å². The topological polar surface area (TPSA) is 35.5 Å². The van der Waals surface area contributed by atoms with E-state index < -0.39 is 5.82 Å². The maximum Gasteiger partial charge on any atom is 0.165 e. The van der Waals surface area contributed by atoms with Crippen LogP contribution < -0.4 is 5.32 Å². The summed E-state index contributed by atoms with van der Waals surface area (Å²) in [5.41, 5.74) is 1.84. The monoisotopic (exact) mass is 378 g/mol. The van der Waals surface area contributed by atoms with E-state index in [0.29, 0.717) is 5.92 Å². The van der Waals surface area contributed by atoms with E-state index in [4.69, 9.17) is 0 Å². The lowest BCUT2D eigenvalue weighted by atomic mass is 9.78. The number of hydrogen-bond acceptors (Lipinski definition) is 3. The van der Waals surface area contributed by atoms with Crippen LogP contribution in [0.4, 0.5) is 4.39 Å². The highest BCUT2D eigenvalue weighted by molar-refractivity contribution is 5.85. The fourth-order valence-electron chi connectivity index (χ4n) is 4.18. The van der Waals surface area contributed by atoms with Crippen LogP contribution in [0.1, 0.15) is 49.3 Å². The van der Waals surface area contributed by atoms with E-state index in [1.807, 2.05) is 13.0 Å². The molecule has 1 saturated carbocycles. The van der Waals surface area contributed by atoms with Gasteiger partial charge in [-0.15, -0.1) is 24.8 Å². The summed E-state index contributed by atoms with van der Waals surface area (Å²) in [6.45, 7) is 5.87. The van der Waals surface area contributed by atoms with Gasteiger partial charge in [0.1, 0.15) is 0 Å². The van der Waals surface area contributed by atoms with Crippen LogP contribution in [0, 0.1) is 18.7 Å². The molecule has 2 fully saturated rings. The minimum atomic E-state index is -0.489. The third-order valence-electron chi connectivity index (χ3n) is 5.32. The smallest absolute Gasteiger partial charge is 0.165 e. The highest BCUT2D eigenvalue weighted by atomic mass is 35.5. The van der Waals surface area contributed by atoms with Crippen molar-refractivity contribution in [3.05, 3.63) is 29.1 Å². The number of nitrogens with zero attached hydrogens (tertiary/aromatic N) is 1. The van der Waals surface area contributed by atoms with Crippen molar-refractivity contribution in [1.82, 2.24) is 10.2 Å². The SMILES string of the molecule is Cc1ccc(F)c(O)c1[C@@H](C1CCCCC1)N1CCNCC1.Cl.Cl. The largest absolute Gasteiger partial charge is 0.505 e. The molecule has 6 heteroatoms. The molecule has 1 atom stereocenters. The van der Waals surface area contributed by atoms with Gasteiger partial charge in [-0.1, -0.05) is 25.3 Å². The standard InChI is InChI=1S/C18H27FN2O.2ClH/c1-13-7-8-15(19)18(22)16(13)17(14-5-3-2-4-6-14)21-11-9-20-10-12-21;;/h7-8,14,17,20,22H,2-6,9-12H2,1H3;2*1H/t17-;;/m1../s1. The summed E-state index contributed by atoms with van der Waals surface area (Å²) in [7, 11) is 0. The number of benzene rings is 1. The molecule has 24 heavy (non-hydrogen) atoms. The first-order valence-electron chi connectivity index (χ1n) is 8.61. The second-order valence-electron chi connectivity index (χ2n) is 6.76. The molecule has 1 aliphatic heterocycles. The van der Waals surface area contributed by atoms with Crippen molar-refractivity contribution in [3.8, 4) is 5.75 Å². The molecule has 1 heterocycles. The zero-order valence-corrected chi connectivity index (χ0v) is 15.9. The van der Waals surface area contributed by atoms with Crippen molar-refractivity contribution in [2.24, 2.45) is 5.92 Å².